The number of methoxy groups -OCH3 is 1. The molecule has 0 unspecified atom stereocenters. The normalized spacial score (nSPS) is 10.3. The van der Waals surface area contributed by atoms with Crippen LogP contribution in [-0.4, -0.2) is 7.11 Å². The lowest BCUT2D eigenvalue weighted by Gasteiger charge is -2.14. The van der Waals surface area contributed by atoms with Crippen molar-refractivity contribution in [2.75, 3.05) is 17.7 Å². The van der Waals surface area contributed by atoms with Crippen molar-refractivity contribution >= 4 is 22.7 Å². The molecule has 3 aromatic rings. The molecular weight excluding hydrogens is 284 g/mol. The van der Waals surface area contributed by atoms with Gasteiger partial charge in [-0.3, -0.25) is 0 Å². The minimum atomic E-state index is 0.555. The Morgan fingerprint density at radius 3 is 1.91 bits per heavy atom. The van der Waals surface area contributed by atoms with Crippen LogP contribution in [0.1, 0.15) is 5.56 Å². The van der Waals surface area contributed by atoms with Crippen LogP contribution in [-0.2, 0) is 11.3 Å². The van der Waals surface area contributed by atoms with Crippen molar-refractivity contribution in [3.63, 3.8) is 0 Å². The Hall–Kier alpha value is -2.78. The number of benzene rings is 3. The maximum atomic E-state index is 5.34. The lowest BCUT2D eigenvalue weighted by Crippen LogP contribution is -1.99. The van der Waals surface area contributed by atoms with E-state index in [4.69, 9.17) is 4.74 Å². The van der Waals surface area contributed by atoms with Crippen LogP contribution in [0.5, 0.6) is 0 Å². The van der Waals surface area contributed by atoms with E-state index < -0.39 is 0 Å². The van der Waals surface area contributed by atoms with Crippen molar-refractivity contribution in [2.45, 2.75) is 6.61 Å². The Balaban J connectivity index is 1.83. The largest absolute Gasteiger partial charge is 0.380 e. The van der Waals surface area contributed by atoms with Crippen molar-refractivity contribution in [3.05, 3.63) is 84.4 Å². The van der Waals surface area contributed by atoms with E-state index in [0.717, 1.165) is 28.3 Å². The molecule has 0 saturated heterocycles. The summed E-state index contributed by atoms with van der Waals surface area (Å²) in [6, 6.07) is 26.5. The molecule has 0 fully saturated rings. The lowest BCUT2D eigenvalue weighted by atomic mass is 10.1. The molecule has 23 heavy (non-hydrogen) atoms. The topological polar surface area (TPSA) is 33.3 Å². The van der Waals surface area contributed by atoms with Gasteiger partial charge in [0.2, 0.25) is 0 Å². The van der Waals surface area contributed by atoms with Gasteiger partial charge in [0.1, 0.15) is 0 Å². The van der Waals surface area contributed by atoms with E-state index in [9.17, 15) is 0 Å². The Morgan fingerprint density at radius 2 is 1.30 bits per heavy atom. The second-order valence-electron chi connectivity index (χ2n) is 5.29. The van der Waals surface area contributed by atoms with Crippen molar-refractivity contribution in [1.82, 2.24) is 0 Å². The highest BCUT2D eigenvalue weighted by Gasteiger charge is 2.05. The molecule has 116 valence electrons. The summed E-state index contributed by atoms with van der Waals surface area (Å²) in [5, 5.41) is 6.85. The van der Waals surface area contributed by atoms with E-state index >= 15 is 0 Å². The van der Waals surface area contributed by atoms with Crippen LogP contribution < -0.4 is 10.6 Å². The predicted octanol–water partition coefficient (Wildman–Crippen LogP) is 5.32. The van der Waals surface area contributed by atoms with E-state index in [1.165, 1.54) is 0 Å². The number of nitrogens with one attached hydrogen (secondary N) is 2. The van der Waals surface area contributed by atoms with Gasteiger partial charge in [0.25, 0.3) is 0 Å². The number of hydrogen-bond acceptors (Lipinski definition) is 3. The molecule has 2 N–H and O–H groups in total. The van der Waals surface area contributed by atoms with E-state index in [1.54, 1.807) is 7.11 Å². The first-order valence-corrected chi connectivity index (χ1v) is 7.61. The molecule has 0 aliphatic carbocycles. The van der Waals surface area contributed by atoms with Gasteiger partial charge in [-0.1, -0.05) is 36.4 Å². The molecule has 3 nitrogen and oxygen atoms in total. The maximum Gasteiger partial charge on any atom is 0.0734 e. The van der Waals surface area contributed by atoms with E-state index in [2.05, 4.69) is 28.8 Å². The van der Waals surface area contributed by atoms with Gasteiger partial charge in [-0.2, -0.15) is 0 Å². The first-order chi connectivity index (χ1) is 11.3. The summed E-state index contributed by atoms with van der Waals surface area (Å²) >= 11 is 0. The molecule has 0 heterocycles. The van der Waals surface area contributed by atoms with Crippen LogP contribution in [0, 0.1) is 0 Å². The molecule has 0 aliphatic heterocycles. The zero-order valence-corrected chi connectivity index (χ0v) is 13.1. The number of anilines is 4. The highest BCUT2D eigenvalue weighted by Crippen LogP contribution is 2.26. The van der Waals surface area contributed by atoms with Crippen LogP contribution in [0.2, 0.25) is 0 Å². The van der Waals surface area contributed by atoms with Gasteiger partial charge < -0.3 is 15.4 Å². The van der Waals surface area contributed by atoms with Crippen LogP contribution in [0.15, 0.2) is 78.9 Å². The van der Waals surface area contributed by atoms with Crippen LogP contribution in [0.25, 0.3) is 0 Å². The second kappa shape index (κ2) is 7.47. The lowest BCUT2D eigenvalue weighted by molar-refractivity contribution is 0.185. The van der Waals surface area contributed by atoms with Gasteiger partial charge >= 0.3 is 0 Å². The van der Waals surface area contributed by atoms with Gasteiger partial charge in [-0.15, -0.1) is 0 Å². The predicted molar refractivity (Wildman–Crippen MR) is 96.6 cm³/mol. The molecule has 0 saturated carbocycles. The average molecular weight is 304 g/mol. The monoisotopic (exact) mass is 304 g/mol. The minimum absolute atomic E-state index is 0.555. The van der Waals surface area contributed by atoms with Crippen LogP contribution in [0.4, 0.5) is 22.7 Å². The number of para-hydroxylation sites is 2. The number of ether oxygens (including phenoxy) is 1. The van der Waals surface area contributed by atoms with Crippen molar-refractivity contribution in [1.29, 1.82) is 0 Å². The fourth-order valence-corrected chi connectivity index (χ4v) is 2.43. The molecule has 0 aromatic heterocycles. The standard InChI is InChI=1S/C20H20N2O/c1-23-15-16-14-19(21-17-8-4-2-5-9-17)12-13-20(16)22-18-10-6-3-7-11-18/h2-14,21-22H,15H2,1H3. The highest BCUT2D eigenvalue weighted by atomic mass is 16.5. The summed E-state index contributed by atoms with van der Waals surface area (Å²) in [6.45, 7) is 0.555. The Kier molecular flexibility index (Phi) is 4.92. The average Bonchev–Trinajstić information content (AvgIpc) is 2.59. The summed E-state index contributed by atoms with van der Waals surface area (Å²) in [7, 11) is 1.71. The van der Waals surface area contributed by atoms with Crippen molar-refractivity contribution in [3.8, 4) is 0 Å². The quantitative estimate of drug-likeness (QED) is 0.646. The van der Waals surface area contributed by atoms with Crippen molar-refractivity contribution < 1.29 is 4.74 Å². The van der Waals surface area contributed by atoms with Gasteiger partial charge in [0.15, 0.2) is 0 Å². The van der Waals surface area contributed by atoms with Crippen LogP contribution >= 0.6 is 0 Å². The zero-order chi connectivity index (χ0) is 15.9. The molecule has 0 bridgehead atoms. The zero-order valence-electron chi connectivity index (χ0n) is 13.1. The third-order valence-electron chi connectivity index (χ3n) is 3.52. The smallest absolute Gasteiger partial charge is 0.0734 e. The van der Waals surface area contributed by atoms with Gasteiger partial charge in [0, 0.05) is 35.4 Å². The summed E-state index contributed by atoms with van der Waals surface area (Å²) in [5.41, 5.74) is 5.34. The number of hydrogen-bond donors (Lipinski definition) is 2. The van der Waals surface area contributed by atoms with E-state index in [-0.39, 0.29) is 0 Å². The molecule has 0 aliphatic rings. The summed E-state index contributed by atoms with van der Waals surface area (Å²) < 4.78 is 5.34. The summed E-state index contributed by atoms with van der Waals surface area (Å²) in [6.07, 6.45) is 0. The second-order valence-corrected chi connectivity index (χ2v) is 5.29. The van der Waals surface area contributed by atoms with Gasteiger partial charge in [-0.25, -0.2) is 0 Å². The Bertz CT molecular complexity index is 742. The van der Waals surface area contributed by atoms with Gasteiger partial charge in [-0.05, 0) is 42.5 Å². The Morgan fingerprint density at radius 1 is 0.696 bits per heavy atom. The molecule has 0 amide bonds. The summed E-state index contributed by atoms with van der Waals surface area (Å²) in [5.74, 6) is 0. The molecule has 0 spiro atoms. The number of rotatable bonds is 6. The third-order valence-corrected chi connectivity index (χ3v) is 3.52. The molecule has 3 heteroatoms. The molecule has 3 rings (SSSR count). The van der Waals surface area contributed by atoms with Crippen LogP contribution in [0.3, 0.4) is 0 Å². The van der Waals surface area contributed by atoms with Crippen molar-refractivity contribution in [2.24, 2.45) is 0 Å². The van der Waals surface area contributed by atoms with Gasteiger partial charge in [0.05, 0.1) is 6.61 Å². The molecule has 3 aromatic carbocycles. The minimum Gasteiger partial charge on any atom is -0.380 e. The SMILES string of the molecule is COCc1cc(Nc2ccccc2)ccc1Nc1ccccc1. The van der Waals surface area contributed by atoms with E-state index in [0.29, 0.717) is 6.61 Å². The molecular formula is C20H20N2O. The first kappa shape index (κ1) is 15.1. The van der Waals surface area contributed by atoms with E-state index in [1.807, 2.05) is 60.7 Å². The first-order valence-electron chi connectivity index (χ1n) is 7.61. The fourth-order valence-electron chi connectivity index (χ4n) is 2.43. The third kappa shape index (κ3) is 4.11. The molecule has 0 atom stereocenters. The summed E-state index contributed by atoms with van der Waals surface area (Å²) in [4.78, 5) is 0. The maximum absolute atomic E-state index is 5.34. The Labute approximate surface area is 136 Å². The molecule has 0 radical (unpaired) electrons. The fraction of sp³-hybridized carbons (Fsp3) is 0.100. The highest BCUT2D eigenvalue weighted by molar-refractivity contribution is 5.69.